The van der Waals surface area contributed by atoms with Gasteiger partial charge in [-0.2, -0.15) is 0 Å². The Balaban J connectivity index is 3.92. The Morgan fingerprint density at radius 3 is 2.56 bits per heavy atom. The second-order valence-electron chi connectivity index (χ2n) is 3.28. The van der Waals surface area contributed by atoms with Crippen molar-refractivity contribution in [3.8, 4) is 0 Å². The minimum Gasteiger partial charge on any atom is -0.466 e. The molecule has 0 heterocycles. The van der Waals surface area contributed by atoms with Crippen LogP contribution >= 0.6 is 0 Å². The number of rotatable bonds is 8. The lowest BCUT2D eigenvalue weighted by molar-refractivity contribution is -0.142. The fraction of sp³-hybridized carbons (Fsp3) is 0.889. The molecule has 16 heavy (non-hydrogen) atoms. The van der Waals surface area contributed by atoms with Crippen molar-refractivity contribution in [3.63, 3.8) is 0 Å². The molecule has 0 radical (unpaired) electrons. The number of hydrogen-bond donors (Lipinski definition) is 2. The molecule has 6 nitrogen and oxygen atoms in total. The highest BCUT2D eigenvalue weighted by Crippen LogP contribution is 1.94. The Morgan fingerprint density at radius 1 is 1.44 bits per heavy atom. The average molecular weight is 253 g/mol. The molecule has 0 aliphatic carbocycles. The molecule has 0 aliphatic rings. The normalized spacial score (nSPS) is 13.4. The Labute approximate surface area is 96.0 Å². The van der Waals surface area contributed by atoms with Crippen LogP contribution < -0.4 is 4.72 Å². The van der Waals surface area contributed by atoms with Gasteiger partial charge in [0.1, 0.15) is 0 Å². The quantitative estimate of drug-likeness (QED) is 0.576. The first kappa shape index (κ1) is 15.3. The second-order valence-corrected chi connectivity index (χ2v) is 5.21. The zero-order valence-electron chi connectivity index (χ0n) is 9.60. The number of carbonyl (C=O) groups excluding carboxylic acids is 1. The number of ether oxygens (including phenoxy) is 1. The van der Waals surface area contributed by atoms with E-state index in [1.807, 2.05) is 0 Å². The number of aliphatic hydroxyl groups is 1. The molecule has 0 saturated heterocycles. The van der Waals surface area contributed by atoms with Crippen LogP contribution in [0.15, 0.2) is 0 Å². The molecular formula is C9H19NO5S. The molecule has 1 atom stereocenters. The summed E-state index contributed by atoms with van der Waals surface area (Å²) in [5.74, 6) is -0.855. The van der Waals surface area contributed by atoms with Gasteiger partial charge in [0, 0.05) is 6.54 Å². The van der Waals surface area contributed by atoms with Gasteiger partial charge >= 0.3 is 5.97 Å². The third kappa shape index (κ3) is 7.61. The molecule has 0 bridgehead atoms. The van der Waals surface area contributed by atoms with E-state index in [2.05, 4.69) is 9.46 Å². The van der Waals surface area contributed by atoms with Crippen molar-refractivity contribution in [1.29, 1.82) is 0 Å². The molecule has 0 amide bonds. The van der Waals surface area contributed by atoms with Gasteiger partial charge in [-0.15, -0.1) is 0 Å². The minimum atomic E-state index is -3.51. The first-order valence-corrected chi connectivity index (χ1v) is 6.87. The summed E-state index contributed by atoms with van der Waals surface area (Å²) in [6, 6.07) is 0. The summed E-state index contributed by atoms with van der Waals surface area (Å²) < 4.78 is 29.5. The van der Waals surface area contributed by atoms with Crippen molar-refractivity contribution >= 4 is 16.0 Å². The van der Waals surface area contributed by atoms with Gasteiger partial charge in [-0.25, -0.2) is 13.1 Å². The summed E-state index contributed by atoms with van der Waals surface area (Å²) in [7, 11) is -3.51. The maximum atomic E-state index is 11.3. The number of aliphatic hydroxyl groups excluding tert-OH is 1. The van der Waals surface area contributed by atoms with Crippen LogP contribution in [0.1, 0.15) is 26.7 Å². The van der Waals surface area contributed by atoms with Crippen LogP contribution in [-0.4, -0.2) is 44.5 Å². The molecule has 0 aromatic rings. The van der Waals surface area contributed by atoms with Gasteiger partial charge in [0.2, 0.25) is 10.0 Å². The zero-order valence-corrected chi connectivity index (χ0v) is 10.4. The van der Waals surface area contributed by atoms with Crippen molar-refractivity contribution in [2.45, 2.75) is 32.8 Å². The maximum Gasteiger partial charge on any atom is 0.306 e. The van der Waals surface area contributed by atoms with Gasteiger partial charge in [-0.05, 0) is 13.3 Å². The Morgan fingerprint density at radius 2 is 2.06 bits per heavy atom. The fourth-order valence-corrected chi connectivity index (χ4v) is 1.92. The predicted octanol–water partition coefficient (Wildman–Crippen LogP) is -0.370. The lowest BCUT2D eigenvalue weighted by Gasteiger charge is -2.09. The van der Waals surface area contributed by atoms with E-state index in [1.165, 1.54) is 0 Å². The molecule has 0 fully saturated rings. The SMILES string of the molecule is CCOC(=O)CCS(=O)(=O)NCC(O)CC. The lowest BCUT2D eigenvalue weighted by Crippen LogP contribution is -2.34. The first-order chi connectivity index (χ1) is 7.41. The number of sulfonamides is 1. The highest BCUT2D eigenvalue weighted by molar-refractivity contribution is 7.89. The summed E-state index contributed by atoms with van der Waals surface area (Å²) in [6.45, 7) is 3.61. The summed E-state index contributed by atoms with van der Waals surface area (Å²) in [6.07, 6.45) is -0.399. The van der Waals surface area contributed by atoms with Crippen LogP contribution in [0.4, 0.5) is 0 Å². The highest BCUT2D eigenvalue weighted by atomic mass is 32.2. The largest absolute Gasteiger partial charge is 0.466 e. The van der Waals surface area contributed by atoms with Gasteiger partial charge in [-0.3, -0.25) is 4.79 Å². The average Bonchev–Trinajstić information content (AvgIpc) is 2.24. The summed E-state index contributed by atoms with van der Waals surface area (Å²) in [5, 5.41) is 9.16. The van der Waals surface area contributed by atoms with Crippen molar-refractivity contribution in [2.24, 2.45) is 0 Å². The number of nitrogens with one attached hydrogen (secondary N) is 1. The summed E-state index contributed by atoms with van der Waals surface area (Å²) in [4.78, 5) is 10.9. The van der Waals surface area contributed by atoms with Crippen molar-refractivity contribution in [2.75, 3.05) is 18.9 Å². The number of esters is 1. The van der Waals surface area contributed by atoms with Gasteiger partial charge in [0.15, 0.2) is 0 Å². The Bertz CT molecular complexity index is 301. The van der Waals surface area contributed by atoms with Crippen LogP contribution in [0.5, 0.6) is 0 Å². The minimum absolute atomic E-state index is 0.0261. The van der Waals surface area contributed by atoms with Gasteiger partial charge < -0.3 is 9.84 Å². The Kier molecular flexibility index (Phi) is 7.27. The molecule has 7 heteroatoms. The summed E-state index contributed by atoms with van der Waals surface area (Å²) >= 11 is 0. The summed E-state index contributed by atoms with van der Waals surface area (Å²) in [5.41, 5.74) is 0. The molecular weight excluding hydrogens is 234 g/mol. The standard InChI is InChI=1S/C9H19NO5S/c1-3-8(11)7-10-16(13,14)6-5-9(12)15-4-2/h8,10-11H,3-7H2,1-2H3. The predicted molar refractivity (Wildman–Crippen MR) is 59.3 cm³/mol. The molecule has 0 aromatic heterocycles. The third-order valence-electron chi connectivity index (χ3n) is 1.89. The fourth-order valence-electron chi connectivity index (χ4n) is 0.891. The van der Waals surface area contributed by atoms with E-state index in [0.717, 1.165) is 0 Å². The van der Waals surface area contributed by atoms with Crippen molar-refractivity contribution in [3.05, 3.63) is 0 Å². The third-order valence-corrected chi connectivity index (χ3v) is 3.24. The van der Waals surface area contributed by atoms with E-state index in [1.54, 1.807) is 13.8 Å². The lowest BCUT2D eigenvalue weighted by atomic mass is 10.3. The van der Waals surface area contributed by atoms with Gasteiger partial charge in [0.25, 0.3) is 0 Å². The highest BCUT2D eigenvalue weighted by Gasteiger charge is 2.14. The van der Waals surface area contributed by atoms with Crippen molar-refractivity contribution in [1.82, 2.24) is 4.72 Å². The van der Waals surface area contributed by atoms with E-state index in [9.17, 15) is 13.2 Å². The van der Waals surface area contributed by atoms with Crippen LogP contribution in [0.2, 0.25) is 0 Å². The van der Waals surface area contributed by atoms with Crippen LogP contribution in [0.3, 0.4) is 0 Å². The molecule has 0 aliphatic heterocycles. The number of hydrogen-bond acceptors (Lipinski definition) is 5. The van der Waals surface area contributed by atoms with E-state index in [4.69, 9.17) is 5.11 Å². The molecule has 0 aromatic carbocycles. The maximum absolute atomic E-state index is 11.3. The molecule has 96 valence electrons. The topological polar surface area (TPSA) is 92.7 Å². The van der Waals surface area contributed by atoms with Crippen molar-refractivity contribution < 1.29 is 23.1 Å². The Hall–Kier alpha value is -0.660. The van der Waals surface area contributed by atoms with Gasteiger partial charge in [-0.1, -0.05) is 6.92 Å². The monoisotopic (exact) mass is 253 g/mol. The molecule has 2 N–H and O–H groups in total. The molecule has 0 saturated carbocycles. The van der Waals surface area contributed by atoms with E-state index < -0.39 is 22.1 Å². The smallest absolute Gasteiger partial charge is 0.306 e. The van der Waals surface area contributed by atoms with E-state index >= 15 is 0 Å². The van der Waals surface area contributed by atoms with Crippen LogP contribution in [-0.2, 0) is 19.6 Å². The molecule has 1 unspecified atom stereocenters. The van der Waals surface area contributed by atoms with Crippen LogP contribution in [0, 0.1) is 0 Å². The molecule has 0 rings (SSSR count). The first-order valence-electron chi connectivity index (χ1n) is 5.22. The van der Waals surface area contributed by atoms with Gasteiger partial charge in [0.05, 0.1) is 24.9 Å². The van der Waals surface area contributed by atoms with E-state index in [-0.39, 0.29) is 25.3 Å². The van der Waals surface area contributed by atoms with E-state index in [0.29, 0.717) is 6.42 Å². The molecule has 0 spiro atoms. The number of carbonyl (C=O) groups is 1. The zero-order chi connectivity index (χ0) is 12.6. The van der Waals surface area contributed by atoms with Crippen LogP contribution in [0.25, 0.3) is 0 Å². The second kappa shape index (κ2) is 7.59.